The Balaban J connectivity index is 3.15. The van der Waals surface area contributed by atoms with Gasteiger partial charge in [-0.3, -0.25) is 9.78 Å². The van der Waals surface area contributed by atoms with Gasteiger partial charge in [0, 0.05) is 11.8 Å². The van der Waals surface area contributed by atoms with Crippen LogP contribution in [0.1, 0.15) is 23.2 Å². The van der Waals surface area contributed by atoms with E-state index < -0.39 is 30.2 Å². The fraction of sp³-hybridized carbons (Fsp3) is 0.333. The van der Waals surface area contributed by atoms with Gasteiger partial charge in [0.2, 0.25) is 0 Å². The second-order valence-electron chi connectivity index (χ2n) is 2.97. The summed E-state index contributed by atoms with van der Waals surface area (Å²) in [5.41, 5.74) is -0.985. The highest BCUT2D eigenvalue weighted by Gasteiger charge is 2.19. The van der Waals surface area contributed by atoms with Crippen LogP contribution < -0.4 is 0 Å². The quantitative estimate of drug-likeness (QED) is 0.846. The summed E-state index contributed by atoms with van der Waals surface area (Å²) in [6.07, 6.45) is -2.76. The van der Waals surface area contributed by atoms with Gasteiger partial charge in [-0.05, 0) is 6.92 Å². The Bertz CT molecular complexity index is 393. The van der Waals surface area contributed by atoms with Crippen molar-refractivity contribution in [1.29, 1.82) is 0 Å². The first kappa shape index (κ1) is 11.5. The van der Waals surface area contributed by atoms with Gasteiger partial charge < -0.3 is 5.11 Å². The van der Waals surface area contributed by atoms with Crippen molar-refractivity contribution in [2.45, 2.75) is 19.8 Å². The number of halogens is 3. The zero-order valence-electron chi connectivity index (χ0n) is 7.80. The lowest BCUT2D eigenvalue weighted by Gasteiger charge is -2.07. The van der Waals surface area contributed by atoms with Gasteiger partial charge in [0.25, 0.3) is 6.43 Å². The molecule has 0 amide bonds. The van der Waals surface area contributed by atoms with Crippen molar-refractivity contribution < 1.29 is 23.1 Å². The molecule has 1 heterocycles. The first-order chi connectivity index (χ1) is 6.93. The predicted octanol–water partition coefficient (Wildman–Crippen LogP) is 2.09. The molecule has 0 aliphatic carbocycles. The molecular weight excluding hydrogens is 211 g/mol. The largest absolute Gasteiger partial charge is 0.481 e. The summed E-state index contributed by atoms with van der Waals surface area (Å²) in [4.78, 5) is 13.8. The molecule has 0 aromatic carbocycles. The number of carboxylic acids is 1. The number of carbonyl (C=O) groups is 1. The molecule has 1 aromatic rings. The maximum absolute atomic E-state index is 13.3. The van der Waals surface area contributed by atoms with Crippen molar-refractivity contribution in [3.05, 3.63) is 28.8 Å². The summed E-state index contributed by atoms with van der Waals surface area (Å²) in [5.74, 6) is -2.27. The third-order valence-corrected chi connectivity index (χ3v) is 1.93. The number of rotatable bonds is 3. The second kappa shape index (κ2) is 4.29. The molecule has 1 N–H and O–H groups in total. The summed E-state index contributed by atoms with van der Waals surface area (Å²) >= 11 is 0. The first-order valence-electron chi connectivity index (χ1n) is 4.07. The molecule has 0 fully saturated rings. The lowest BCUT2D eigenvalue weighted by atomic mass is 10.1. The Labute approximate surface area is 83.6 Å². The van der Waals surface area contributed by atoms with Crippen LogP contribution in [-0.2, 0) is 11.2 Å². The molecule has 0 bridgehead atoms. The number of aromatic nitrogens is 1. The third kappa shape index (κ3) is 2.45. The van der Waals surface area contributed by atoms with E-state index in [2.05, 4.69) is 4.98 Å². The van der Waals surface area contributed by atoms with Crippen LogP contribution in [0.3, 0.4) is 0 Å². The lowest BCUT2D eigenvalue weighted by Crippen LogP contribution is -2.08. The normalized spacial score (nSPS) is 10.7. The number of carboxylic acid groups (broad SMARTS) is 1. The SMILES string of the molecule is Cc1c(CC(=O)O)ncc(C(F)F)c1F. The standard InChI is InChI=1S/C9H8F3NO2/c1-4-6(2-7(14)15)13-3-5(8(4)10)9(11)12/h3,9H,2H2,1H3,(H,14,15). The highest BCUT2D eigenvalue weighted by molar-refractivity contribution is 5.70. The van der Waals surface area contributed by atoms with Crippen LogP contribution in [-0.4, -0.2) is 16.1 Å². The van der Waals surface area contributed by atoms with Crippen molar-refractivity contribution in [1.82, 2.24) is 4.98 Å². The minimum Gasteiger partial charge on any atom is -0.481 e. The summed E-state index contributed by atoms with van der Waals surface area (Å²) in [6.45, 7) is 1.23. The first-order valence-corrected chi connectivity index (χ1v) is 4.07. The van der Waals surface area contributed by atoms with Crippen LogP contribution in [0.4, 0.5) is 13.2 Å². The number of nitrogens with zero attached hydrogens (tertiary/aromatic N) is 1. The fourth-order valence-corrected chi connectivity index (χ4v) is 1.12. The molecule has 1 aromatic heterocycles. The zero-order chi connectivity index (χ0) is 11.6. The Morgan fingerprint density at radius 1 is 1.60 bits per heavy atom. The van der Waals surface area contributed by atoms with E-state index in [9.17, 15) is 18.0 Å². The Morgan fingerprint density at radius 3 is 2.67 bits per heavy atom. The van der Waals surface area contributed by atoms with Crippen molar-refractivity contribution in [3.63, 3.8) is 0 Å². The van der Waals surface area contributed by atoms with Crippen LogP contribution in [0.2, 0.25) is 0 Å². The average molecular weight is 219 g/mol. The second-order valence-corrected chi connectivity index (χ2v) is 2.97. The highest BCUT2D eigenvalue weighted by atomic mass is 19.3. The molecule has 0 aliphatic heterocycles. The van der Waals surface area contributed by atoms with Gasteiger partial charge in [-0.25, -0.2) is 13.2 Å². The molecule has 0 unspecified atom stereocenters. The van der Waals surface area contributed by atoms with Crippen molar-refractivity contribution in [2.24, 2.45) is 0 Å². The van der Waals surface area contributed by atoms with E-state index in [-0.39, 0.29) is 11.3 Å². The number of alkyl halides is 2. The number of hydrogen-bond acceptors (Lipinski definition) is 2. The topological polar surface area (TPSA) is 50.2 Å². The molecule has 0 saturated carbocycles. The fourth-order valence-electron chi connectivity index (χ4n) is 1.12. The number of aliphatic carboxylic acids is 1. The highest BCUT2D eigenvalue weighted by Crippen LogP contribution is 2.24. The van der Waals surface area contributed by atoms with E-state index in [1.807, 2.05) is 0 Å². The average Bonchev–Trinajstić information content (AvgIpc) is 2.12. The van der Waals surface area contributed by atoms with Crippen LogP contribution in [0.25, 0.3) is 0 Å². The smallest absolute Gasteiger partial charge is 0.309 e. The summed E-state index contributed by atoms with van der Waals surface area (Å²) in [7, 11) is 0. The maximum Gasteiger partial charge on any atom is 0.309 e. The molecule has 0 saturated heterocycles. The molecule has 0 atom stereocenters. The molecule has 0 radical (unpaired) electrons. The molecule has 1 rings (SSSR count). The van der Waals surface area contributed by atoms with Gasteiger partial charge in [0.05, 0.1) is 17.7 Å². The van der Waals surface area contributed by atoms with Gasteiger partial charge in [0.15, 0.2) is 0 Å². The van der Waals surface area contributed by atoms with E-state index in [0.717, 1.165) is 0 Å². The molecule has 0 aliphatic rings. The van der Waals surface area contributed by atoms with Gasteiger partial charge in [-0.2, -0.15) is 0 Å². The summed E-state index contributed by atoms with van der Waals surface area (Å²) in [6, 6.07) is 0. The monoisotopic (exact) mass is 219 g/mol. The minimum absolute atomic E-state index is 0.0376. The Kier molecular flexibility index (Phi) is 3.28. The van der Waals surface area contributed by atoms with Gasteiger partial charge in [0.1, 0.15) is 5.82 Å². The summed E-state index contributed by atoms with van der Waals surface area (Å²) < 4.78 is 37.7. The number of hydrogen-bond donors (Lipinski definition) is 1. The van der Waals surface area contributed by atoms with Crippen molar-refractivity contribution in [2.75, 3.05) is 0 Å². The minimum atomic E-state index is -2.95. The Morgan fingerprint density at radius 2 is 2.20 bits per heavy atom. The molecule has 82 valence electrons. The molecular formula is C9H8F3NO2. The van der Waals surface area contributed by atoms with Crippen LogP contribution in [0.15, 0.2) is 6.20 Å². The molecule has 3 nitrogen and oxygen atoms in total. The maximum atomic E-state index is 13.3. The van der Waals surface area contributed by atoms with Crippen molar-refractivity contribution in [3.8, 4) is 0 Å². The molecule has 0 spiro atoms. The van der Waals surface area contributed by atoms with E-state index in [1.54, 1.807) is 0 Å². The number of pyridine rings is 1. The van der Waals surface area contributed by atoms with Gasteiger partial charge >= 0.3 is 5.97 Å². The van der Waals surface area contributed by atoms with Gasteiger partial charge in [-0.1, -0.05) is 0 Å². The van der Waals surface area contributed by atoms with Crippen LogP contribution in [0.5, 0.6) is 0 Å². The van der Waals surface area contributed by atoms with Crippen LogP contribution in [0, 0.1) is 12.7 Å². The van der Waals surface area contributed by atoms with Crippen LogP contribution >= 0.6 is 0 Å². The lowest BCUT2D eigenvalue weighted by molar-refractivity contribution is -0.136. The van der Waals surface area contributed by atoms with E-state index in [1.165, 1.54) is 6.92 Å². The van der Waals surface area contributed by atoms with Gasteiger partial charge in [-0.15, -0.1) is 0 Å². The third-order valence-electron chi connectivity index (χ3n) is 1.93. The predicted molar refractivity (Wildman–Crippen MR) is 45.2 cm³/mol. The Hall–Kier alpha value is -1.59. The molecule has 6 heteroatoms. The van der Waals surface area contributed by atoms with E-state index in [0.29, 0.717) is 6.20 Å². The van der Waals surface area contributed by atoms with E-state index in [4.69, 9.17) is 5.11 Å². The molecule has 15 heavy (non-hydrogen) atoms. The van der Waals surface area contributed by atoms with Crippen molar-refractivity contribution >= 4 is 5.97 Å². The summed E-state index contributed by atoms with van der Waals surface area (Å²) in [5, 5.41) is 8.45. The zero-order valence-corrected chi connectivity index (χ0v) is 7.80. The van der Waals surface area contributed by atoms with E-state index >= 15 is 0 Å².